The lowest BCUT2D eigenvalue weighted by Crippen LogP contribution is -2.25. The minimum Gasteiger partial charge on any atom is -0.336 e. The summed E-state index contributed by atoms with van der Waals surface area (Å²) >= 11 is 0. The predicted octanol–water partition coefficient (Wildman–Crippen LogP) is 4.96. The molecule has 0 radical (unpaired) electrons. The highest BCUT2D eigenvalue weighted by molar-refractivity contribution is 5.96. The lowest BCUT2D eigenvalue weighted by Gasteiger charge is -2.20. The first kappa shape index (κ1) is 18.3. The summed E-state index contributed by atoms with van der Waals surface area (Å²) in [6, 6.07) is 25.5. The van der Waals surface area contributed by atoms with Gasteiger partial charge < -0.3 is 9.88 Å². The molecule has 0 aliphatic heterocycles. The van der Waals surface area contributed by atoms with Gasteiger partial charge >= 0.3 is 0 Å². The van der Waals surface area contributed by atoms with Gasteiger partial charge in [0.25, 0.3) is 0 Å². The van der Waals surface area contributed by atoms with Crippen molar-refractivity contribution in [3.8, 4) is 11.3 Å². The van der Waals surface area contributed by atoms with Crippen molar-refractivity contribution < 1.29 is 0 Å². The number of nitrogens with zero attached hydrogens (tertiary/aromatic N) is 3. The molecule has 2 N–H and O–H groups in total. The van der Waals surface area contributed by atoms with Crippen LogP contribution in [-0.4, -0.2) is 19.7 Å². The van der Waals surface area contributed by atoms with Gasteiger partial charge in [-0.15, -0.1) is 0 Å². The van der Waals surface area contributed by atoms with Crippen LogP contribution in [0.2, 0.25) is 0 Å². The number of nitrogens with one attached hydrogen (secondary N) is 2. The molecule has 0 bridgehead atoms. The Morgan fingerprint density at radius 1 is 0.933 bits per heavy atom. The normalized spacial score (nSPS) is 12.3. The second-order valence-corrected chi connectivity index (χ2v) is 7.40. The van der Waals surface area contributed by atoms with Crippen LogP contribution in [0.4, 0.5) is 0 Å². The summed E-state index contributed by atoms with van der Waals surface area (Å²) in [5.41, 5.74) is 4.64. The first-order valence-electron chi connectivity index (χ1n) is 10.1. The maximum absolute atomic E-state index is 4.35. The van der Waals surface area contributed by atoms with Gasteiger partial charge in [-0.25, -0.2) is 4.98 Å². The van der Waals surface area contributed by atoms with Crippen molar-refractivity contribution in [2.45, 2.75) is 19.1 Å². The van der Waals surface area contributed by atoms with Crippen molar-refractivity contribution in [3.63, 3.8) is 0 Å². The number of aromatic nitrogens is 4. The largest absolute Gasteiger partial charge is 0.336 e. The fourth-order valence-corrected chi connectivity index (χ4v) is 3.93. The van der Waals surface area contributed by atoms with Crippen LogP contribution in [0.3, 0.4) is 0 Å². The number of rotatable bonds is 7. The monoisotopic (exact) mass is 393 g/mol. The zero-order chi connectivity index (χ0) is 20.2. The fraction of sp³-hybridized carbons (Fsp3) is 0.120. The van der Waals surface area contributed by atoms with E-state index in [1.165, 1.54) is 21.9 Å². The van der Waals surface area contributed by atoms with E-state index in [4.69, 9.17) is 0 Å². The third kappa shape index (κ3) is 3.75. The van der Waals surface area contributed by atoms with Crippen molar-refractivity contribution in [2.24, 2.45) is 0 Å². The second kappa shape index (κ2) is 8.35. The van der Waals surface area contributed by atoms with E-state index in [9.17, 15) is 0 Å². The number of imidazole rings is 1. The molecule has 148 valence electrons. The molecule has 5 aromatic rings. The van der Waals surface area contributed by atoms with Crippen molar-refractivity contribution in [1.29, 1.82) is 0 Å². The van der Waals surface area contributed by atoms with Crippen molar-refractivity contribution in [3.05, 3.63) is 109 Å². The molecule has 3 aromatic carbocycles. The third-order valence-corrected chi connectivity index (χ3v) is 5.47. The molecule has 2 aromatic heterocycles. The zero-order valence-corrected chi connectivity index (χ0v) is 16.6. The predicted molar refractivity (Wildman–Crippen MR) is 120 cm³/mol. The molecule has 0 amide bonds. The Hall–Kier alpha value is -3.70. The zero-order valence-electron chi connectivity index (χ0n) is 16.6. The Labute approximate surface area is 175 Å². The van der Waals surface area contributed by atoms with E-state index in [0.717, 1.165) is 17.8 Å². The smallest absolute Gasteiger partial charge is 0.0946 e. The van der Waals surface area contributed by atoms with Crippen molar-refractivity contribution in [1.82, 2.24) is 25.1 Å². The number of H-pyrrole nitrogens is 1. The highest BCUT2D eigenvalue weighted by Crippen LogP contribution is 2.29. The molecule has 5 rings (SSSR count). The number of hydrogen-bond donors (Lipinski definition) is 2. The Morgan fingerprint density at radius 2 is 1.77 bits per heavy atom. The summed E-state index contributed by atoms with van der Waals surface area (Å²) in [6.45, 7) is 1.52. The van der Waals surface area contributed by atoms with Crippen LogP contribution in [0.5, 0.6) is 0 Å². The second-order valence-electron chi connectivity index (χ2n) is 7.40. The molecule has 30 heavy (non-hydrogen) atoms. The minimum atomic E-state index is 0.163. The van der Waals surface area contributed by atoms with Gasteiger partial charge in [0.15, 0.2) is 0 Å². The maximum atomic E-state index is 4.35. The topological polar surface area (TPSA) is 58.5 Å². The number of benzene rings is 3. The highest BCUT2D eigenvalue weighted by atomic mass is 15.1. The van der Waals surface area contributed by atoms with Gasteiger partial charge in [0.05, 0.1) is 24.3 Å². The lowest BCUT2D eigenvalue weighted by atomic mass is 10.00. The van der Waals surface area contributed by atoms with Gasteiger partial charge in [-0.1, -0.05) is 72.8 Å². The molecule has 0 aliphatic rings. The minimum absolute atomic E-state index is 0.163. The number of fused-ring (bicyclic) bond motifs is 1. The SMILES string of the molecule is c1ccc([C@H](Cn2ccnc2)NCc2cn[nH]c2-c2cccc3ccccc23)cc1. The molecule has 0 aliphatic carbocycles. The van der Waals surface area contributed by atoms with Gasteiger partial charge in [0.1, 0.15) is 0 Å². The van der Waals surface area contributed by atoms with E-state index in [1.807, 2.05) is 31.0 Å². The molecular weight excluding hydrogens is 370 g/mol. The molecule has 0 unspecified atom stereocenters. The fourth-order valence-electron chi connectivity index (χ4n) is 3.93. The van der Waals surface area contributed by atoms with E-state index < -0.39 is 0 Å². The maximum Gasteiger partial charge on any atom is 0.0946 e. The molecular formula is C25H23N5. The summed E-state index contributed by atoms with van der Waals surface area (Å²) in [4.78, 5) is 4.18. The molecule has 0 fully saturated rings. The van der Waals surface area contributed by atoms with Crippen LogP contribution in [0, 0.1) is 0 Å². The Bertz CT molecular complexity index is 1220. The number of aromatic amines is 1. The van der Waals surface area contributed by atoms with Crippen molar-refractivity contribution in [2.75, 3.05) is 0 Å². The van der Waals surface area contributed by atoms with Crippen LogP contribution in [-0.2, 0) is 13.1 Å². The molecule has 1 atom stereocenters. The molecule has 0 saturated heterocycles. The Kier molecular flexibility index (Phi) is 5.10. The van der Waals surface area contributed by atoms with E-state index in [1.54, 1.807) is 0 Å². The van der Waals surface area contributed by atoms with E-state index >= 15 is 0 Å². The summed E-state index contributed by atoms with van der Waals surface area (Å²) in [7, 11) is 0. The van der Waals surface area contributed by atoms with Gasteiger partial charge in [0.2, 0.25) is 0 Å². The molecule has 5 heteroatoms. The summed E-state index contributed by atoms with van der Waals surface area (Å²) in [5, 5.41) is 13.7. The molecule has 2 heterocycles. The van der Waals surface area contributed by atoms with Crippen LogP contribution in [0.1, 0.15) is 17.2 Å². The van der Waals surface area contributed by atoms with Gasteiger partial charge in [-0.2, -0.15) is 5.10 Å². The van der Waals surface area contributed by atoms with E-state index in [2.05, 4.69) is 91.8 Å². The molecule has 0 saturated carbocycles. The first-order valence-corrected chi connectivity index (χ1v) is 10.1. The quantitative estimate of drug-likeness (QED) is 0.411. The average Bonchev–Trinajstić information content (AvgIpc) is 3.49. The van der Waals surface area contributed by atoms with Crippen LogP contribution in [0.25, 0.3) is 22.0 Å². The molecule has 5 nitrogen and oxygen atoms in total. The third-order valence-electron chi connectivity index (χ3n) is 5.47. The Balaban J connectivity index is 1.42. The van der Waals surface area contributed by atoms with Gasteiger partial charge in [-0.05, 0) is 16.3 Å². The highest BCUT2D eigenvalue weighted by Gasteiger charge is 2.15. The summed E-state index contributed by atoms with van der Waals surface area (Å²) < 4.78 is 2.10. The van der Waals surface area contributed by atoms with Crippen LogP contribution in [0.15, 0.2) is 97.7 Å². The summed E-state index contributed by atoms with van der Waals surface area (Å²) in [6.07, 6.45) is 7.59. The average molecular weight is 393 g/mol. The van der Waals surface area contributed by atoms with Crippen LogP contribution < -0.4 is 5.32 Å². The molecule has 0 spiro atoms. The summed E-state index contributed by atoms with van der Waals surface area (Å²) in [5.74, 6) is 0. The van der Waals surface area contributed by atoms with Gasteiger partial charge in [-0.3, -0.25) is 5.10 Å². The van der Waals surface area contributed by atoms with Crippen molar-refractivity contribution >= 4 is 10.8 Å². The van der Waals surface area contributed by atoms with Gasteiger partial charge in [0, 0.05) is 36.6 Å². The standard InChI is InChI=1S/C25H23N5/c1-2-8-20(9-3-1)24(17-30-14-13-26-18-30)27-15-21-16-28-29-25(21)23-12-6-10-19-7-4-5-11-22(19)23/h1-14,16,18,24,27H,15,17H2,(H,28,29)/t24-/m0/s1. The van der Waals surface area contributed by atoms with E-state index in [-0.39, 0.29) is 6.04 Å². The first-order chi connectivity index (χ1) is 14.9. The number of hydrogen-bond acceptors (Lipinski definition) is 3. The Morgan fingerprint density at radius 3 is 2.63 bits per heavy atom. The van der Waals surface area contributed by atoms with E-state index in [0.29, 0.717) is 6.54 Å². The van der Waals surface area contributed by atoms with Crippen LogP contribution >= 0.6 is 0 Å². The lowest BCUT2D eigenvalue weighted by molar-refractivity contribution is 0.462.